The van der Waals surface area contributed by atoms with E-state index in [4.69, 9.17) is 0 Å². The molecule has 100 valence electrons. The molecule has 0 unspecified atom stereocenters. The van der Waals surface area contributed by atoms with Gasteiger partial charge in [0, 0.05) is 42.2 Å². The molecule has 0 saturated heterocycles. The quantitative estimate of drug-likeness (QED) is 0.662. The van der Waals surface area contributed by atoms with Crippen molar-refractivity contribution in [2.45, 2.75) is 26.9 Å². The Labute approximate surface area is 111 Å². The normalized spacial score (nSPS) is 10.4. The SMILES string of the molecule is CCn1cc(CNc2ccc([N+](=O)[O-])c(C)c2)cn1. The minimum Gasteiger partial charge on any atom is -0.381 e. The molecule has 0 saturated carbocycles. The smallest absolute Gasteiger partial charge is 0.272 e. The molecule has 0 aliphatic rings. The molecule has 6 nitrogen and oxygen atoms in total. The van der Waals surface area contributed by atoms with Crippen molar-refractivity contribution in [1.29, 1.82) is 0 Å². The first-order valence-electron chi connectivity index (χ1n) is 6.10. The van der Waals surface area contributed by atoms with Gasteiger partial charge in [-0.1, -0.05) is 0 Å². The number of nitrogens with zero attached hydrogens (tertiary/aromatic N) is 3. The van der Waals surface area contributed by atoms with Gasteiger partial charge in [-0.15, -0.1) is 0 Å². The summed E-state index contributed by atoms with van der Waals surface area (Å²) in [6.45, 7) is 5.26. The number of aromatic nitrogens is 2. The van der Waals surface area contributed by atoms with E-state index in [1.807, 2.05) is 24.0 Å². The second kappa shape index (κ2) is 5.51. The predicted molar refractivity (Wildman–Crippen MR) is 73.1 cm³/mol. The molecule has 1 N–H and O–H groups in total. The molecule has 1 heterocycles. The van der Waals surface area contributed by atoms with Gasteiger partial charge in [-0.05, 0) is 26.0 Å². The summed E-state index contributed by atoms with van der Waals surface area (Å²) in [4.78, 5) is 10.4. The lowest BCUT2D eigenvalue weighted by molar-refractivity contribution is -0.385. The van der Waals surface area contributed by atoms with E-state index in [1.165, 1.54) is 6.07 Å². The molecule has 0 amide bonds. The fourth-order valence-electron chi connectivity index (χ4n) is 1.85. The van der Waals surface area contributed by atoms with Crippen LogP contribution in [0.25, 0.3) is 0 Å². The topological polar surface area (TPSA) is 73.0 Å². The van der Waals surface area contributed by atoms with Crippen LogP contribution in [0.3, 0.4) is 0 Å². The number of benzene rings is 1. The van der Waals surface area contributed by atoms with Gasteiger partial charge in [0.15, 0.2) is 0 Å². The standard InChI is InChI=1S/C13H16N4O2/c1-3-16-9-11(8-15-16)7-14-12-4-5-13(17(18)19)10(2)6-12/h4-6,8-9,14H,3,7H2,1-2H3. The van der Waals surface area contributed by atoms with Crippen molar-refractivity contribution in [2.24, 2.45) is 0 Å². The maximum absolute atomic E-state index is 10.7. The van der Waals surface area contributed by atoms with Crippen molar-refractivity contribution in [3.05, 3.63) is 51.8 Å². The lowest BCUT2D eigenvalue weighted by Gasteiger charge is -2.06. The molecule has 0 spiro atoms. The van der Waals surface area contributed by atoms with Gasteiger partial charge in [-0.3, -0.25) is 14.8 Å². The van der Waals surface area contributed by atoms with Crippen molar-refractivity contribution in [2.75, 3.05) is 5.32 Å². The maximum atomic E-state index is 10.7. The first-order chi connectivity index (χ1) is 9.10. The Bertz CT molecular complexity index is 592. The summed E-state index contributed by atoms with van der Waals surface area (Å²) in [6, 6.07) is 5.02. The number of anilines is 1. The minimum absolute atomic E-state index is 0.143. The first kappa shape index (κ1) is 13.1. The van der Waals surface area contributed by atoms with E-state index in [2.05, 4.69) is 10.4 Å². The Morgan fingerprint density at radius 1 is 1.47 bits per heavy atom. The zero-order chi connectivity index (χ0) is 13.8. The predicted octanol–water partition coefficient (Wildman–Crippen LogP) is 2.73. The molecule has 0 aliphatic carbocycles. The molecule has 0 atom stereocenters. The molecule has 19 heavy (non-hydrogen) atoms. The van der Waals surface area contributed by atoms with Gasteiger partial charge in [-0.2, -0.15) is 5.10 Å². The summed E-state index contributed by atoms with van der Waals surface area (Å²) in [5.41, 5.74) is 2.74. The number of nitro benzene ring substituents is 1. The lowest BCUT2D eigenvalue weighted by atomic mass is 10.2. The maximum Gasteiger partial charge on any atom is 0.272 e. The van der Waals surface area contributed by atoms with Crippen molar-refractivity contribution in [3.63, 3.8) is 0 Å². The van der Waals surface area contributed by atoms with Gasteiger partial charge in [-0.25, -0.2) is 0 Å². The van der Waals surface area contributed by atoms with Crippen molar-refractivity contribution in [3.8, 4) is 0 Å². The third-order valence-electron chi connectivity index (χ3n) is 2.90. The summed E-state index contributed by atoms with van der Waals surface area (Å²) in [7, 11) is 0. The van der Waals surface area contributed by atoms with E-state index < -0.39 is 0 Å². The number of hydrogen-bond acceptors (Lipinski definition) is 4. The van der Waals surface area contributed by atoms with Crippen LogP contribution in [0.15, 0.2) is 30.6 Å². The van der Waals surface area contributed by atoms with Crippen LogP contribution in [0.4, 0.5) is 11.4 Å². The number of aryl methyl sites for hydroxylation is 2. The van der Waals surface area contributed by atoms with Gasteiger partial charge in [0.2, 0.25) is 0 Å². The second-order valence-electron chi connectivity index (χ2n) is 4.32. The highest BCUT2D eigenvalue weighted by molar-refractivity contribution is 5.53. The van der Waals surface area contributed by atoms with Crippen LogP contribution < -0.4 is 5.32 Å². The Kier molecular flexibility index (Phi) is 3.79. The Morgan fingerprint density at radius 3 is 2.84 bits per heavy atom. The van der Waals surface area contributed by atoms with E-state index in [1.54, 1.807) is 19.1 Å². The molecule has 0 aliphatic heterocycles. The van der Waals surface area contributed by atoms with Crippen LogP contribution in [0.5, 0.6) is 0 Å². The molecular weight excluding hydrogens is 244 g/mol. The van der Waals surface area contributed by atoms with Crippen molar-refractivity contribution in [1.82, 2.24) is 9.78 Å². The molecule has 0 fully saturated rings. The zero-order valence-electron chi connectivity index (χ0n) is 11.0. The minimum atomic E-state index is -0.371. The van der Waals surface area contributed by atoms with Gasteiger partial charge in [0.05, 0.1) is 11.1 Å². The fraction of sp³-hybridized carbons (Fsp3) is 0.308. The van der Waals surface area contributed by atoms with Crippen molar-refractivity contribution >= 4 is 11.4 Å². The van der Waals surface area contributed by atoms with Crippen LogP contribution in [0.2, 0.25) is 0 Å². The second-order valence-corrected chi connectivity index (χ2v) is 4.32. The Hall–Kier alpha value is -2.37. The highest BCUT2D eigenvalue weighted by Crippen LogP contribution is 2.21. The largest absolute Gasteiger partial charge is 0.381 e. The lowest BCUT2D eigenvalue weighted by Crippen LogP contribution is -2.00. The summed E-state index contributed by atoms with van der Waals surface area (Å²) in [6.07, 6.45) is 3.79. The van der Waals surface area contributed by atoms with E-state index in [0.717, 1.165) is 17.8 Å². The van der Waals surface area contributed by atoms with Crippen LogP contribution >= 0.6 is 0 Å². The summed E-state index contributed by atoms with van der Waals surface area (Å²) < 4.78 is 1.86. The monoisotopic (exact) mass is 260 g/mol. The average molecular weight is 260 g/mol. The van der Waals surface area contributed by atoms with Gasteiger partial charge in [0.25, 0.3) is 5.69 Å². The molecule has 1 aromatic carbocycles. The molecule has 0 radical (unpaired) electrons. The van der Waals surface area contributed by atoms with Crippen LogP contribution in [-0.2, 0) is 13.1 Å². The van der Waals surface area contributed by atoms with Crippen molar-refractivity contribution < 1.29 is 4.92 Å². The number of hydrogen-bond donors (Lipinski definition) is 1. The highest BCUT2D eigenvalue weighted by atomic mass is 16.6. The molecule has 6 heteroatoms. The third-order valence-corrected chi connectivity index (χ3v) is 2.90. The summed E-state index contributed by atoms with van der Waals surface area (Å²) in [5, 5.41) is 18.1. The zero-order valence-corrected chi connectivity index (χ0v) is 11.0. The third kappa shape index (κ3) is 3.09. The van der Waals surface area contributed by atoms with E-state index in [9.17, 15) is 10.1 Å². The van der Waals surface area contributed by atoms with Gasteiger partial charge in [0.1, 0.15) is 0 Å². The van der Waals surface area contributed by atoms with E-state index in [-0.39, 0.29) is 10.6 Å². The first-order valence-corrected chi connectivity index (χ1v) is 6.10. The Morgan fingerprint density at radius 2 is 2.26 bits per heavy atom. The Balaban J connectivity index is 2.03. The van der Waals surface area contributed by atoms with Crippen LogP contribution in [0.1, 0.15) is 18.1 Å². The summed E-state index contributed by atoms with van der Waals surface area (Å²) >= 11 is 0. The molecule has 0 bridgehead atoms. The summed E-state index contributed by atoms with van der Waals surface area (Å²) in [5.74, 6) is 0. The van der Waals surface area contributed by atoms with Gasteiger partial charge >= 0.3 is 0 Å². The molecule has 2 aromatic rings. The number of nitrogens with one attached hydrogen (secondary N) is 1. The van der Waals surface area contributed by atoms with E-state index >= 15 is 0 Å². The highest BCUT2D eigenvalue weighted by Gasteiger charge is 2.09. The molecule has 2 rings (SSSR count). The number of nitro groups is 1. The van der Waals surface area contributed by atoms with Crippen LogP contribution in [-0.4, -0.2) is 14.7 Å². The fourth-order valence-corrected chi connectivity index (χ4v) is 1.85. The van der Waals surface area contributed by atoms with Crippen LogP contribution in [0, 0.1) is 17.0 Å². The van der Waals surface area contributed by atoms with Gasteiger partial charge < -0.3 is 5.32 Å². The number of rotatable bonds is 5. The molecule has 1 aromatic heterocycles. The van der Waals surface area contributed by atoms with E-state index in [0.29, 0.717) is 12.1 Å². The molecular formula is C13H16N4O2. The average Bonchev–Trinajstić information content (AvgIpc) is 2.84.